The quantitative estimate of drug-likeness (QED) is 0.557. The van der Waals surface area contributed by atoms with Gasteiger partial charge >= 0.3 is 6.03 Å². The zero-order valence-electron chi connectivity index (χ0n) is 18.7. The fraction of sp³-hybridized carbons (Fsp3) is 0.333. The third kappa shape index (κ3) is 6.07. The molecule has 2 heterocycles. The number of hydrogen-bond acceptors (Lipinski definition) is 5. The maximum atomic E-state index is 12.7. The van der Waals surface area contributed by atoms with Crippen LogP contribution in [-0.2, 0) is 15.8 Å². The van der Waals surface area contributed by atoms with E-state index in [0.717, 1.165) is 27.8 Å². The average Bonchev–Trinajstić information content (AvgIpc) is 2.80. The number of piperazine rings is 1. The Morgan fingerprint density at radius 1 is 1.00 bits per heavy atom. The van der Waals surface area contributed by atoms with E-state index in [-0.39, 0.29) is 11.8 Å². The lowest BCUT2D eigenvalue weighted by molar-refractivity contribution is 0.188. The Balaban J connectivity index is 1.23. The first-order chi connectivity index (χ1) is 15.9. The van der Waals surface area contributed by atoms with Crippen LogP contribution in [0.1, 0.15) is 11.3 Å². The molecule has 2 aromatic carbocycles. The van der Waals surface area contributed by atoms with E-state index in [1.54, 1.807) is 4.31 Å². The molecule has 0 bridgehead atoms. The van der Waals surface area contributed by atoms with Gasteiger partial charge in [-0.25, -0.2) is 13.2 Å². The number of rotatable bonds is 7. The fourth-order valence-corrected chi connectivity index (χ4v) is 5.53. The van der Waals surface area contributed by atoms with Crippen molar-refractivity contribution in [1.29, 1.82) is 0 Å². The molecule has 0 unspecified atom stereocenters. The molecule has 0 spiro atoms. The topological polar surface area (TPSA) is 94.6 Å². The van der Waals surface area contributed by atoms with Gasteiger partial charge < -0.3 is 10.6 Å². The molecule has 8 nitrogen and oxygen atoms in total. The molecule has 0 aliphatic carbocycles. The summed E-state index contributed by atoms with van der Waals surface area (Å²) in [6.07, 6.45) is 0. The Bertz CT molecular complexity index is 1210. The number of para-hydroxylation sites is 1. The van der Waals surface area contributed by atoms with E-state index in [2.05, 4.69) is 20.5 Å². The second-order valence-electron chi connectivity index (χ2n) is 8.19. The number of aromatic nitrogens is 1. The van der Waals surface area contributed by atoms with E-state index in [1.165, 1.54) is 0 Å². The minimum atomic E-state index is -3.33. The number of nitrogens with zero attached hydrogens (tertiary/aromatic N) is 3. The minimum Gasteiger partial charge on any atom is -0.337 e. The molecule has 3 aromatic rings. The smallest absolute Gasteiger partial charge is 0.319 e. The standard InChI is InChI=1S/C24H29N5O3S/c1-19-17-23(21-9-5-6-10-22(21)26-19)27-24(30)25-11-12-28-13-15-29(16-14-28)33(31,32)18-20-7-3-2-4-8-20/h2-10,17H,11-16,18H2,1H3,(H2,25,26,27,30). The summed E-state index contributed by atoms with van der Waals surface area (Å²) in [5.74, 6) is 0.0265. The largest absolute Gasteiger partial charge is 0.337 e. The summed E-state index contributed by atoms with van der Waals surface area (Å²) in [5.41, 5.74) is 3.21. The van der Waals surface area contributed by atoms with Gasteiger partial charge in [0.1, 0.15) is 0 Å². The van der Waals surface area contributed by atoms with Crippen molar-refractivity contribution in [1.82, 2.24) is 19.5 Å². The maximum absolute atomic E-state index is 12.7. The van der Waals surface area contributed by atoms with Crippen molar-refractivity contribution in [3.8, 4) is 0 Å². The van der Waals surface area contributed by atoms with E-state index in [0.29, 0.717) is 39.3 Å². The molecule has 0 saturated carbocycles. The first kappa shape index (κ1) is 23.2. The van der Waals surface area contributed by atoms with Gasteiger partial charge in [0.25, 0.3) is 0 Å². The number of hydrogen-bond donors (Lipinski definition) is 2. The summed E-state index contributed by atoms with van der Waals surface area (Å²) in [5, 5.41) is 6.70. The van der Waals surface area contributed by atoms with Crippen molar-refractivity contribution >= 4 is 32.6 Å². The number of carbonyl (C=O) groups excluding carboxylic acids is 1. The number of benzene rings is 2. The number of aryl methyl sites for hydroxylation is 1. The molecule has 9 heteroatoms. The third-order valence-corrected chi connectivity index (χ3v) is 7.57. The molecule has 2 amide bonds. The van der Waals surface area contributed by atoms with E-state index in [4.69, 9.17) is 0 Å². The Hall–Kier alpha value is -3.01. The third-order valence-electron chi connectivity index (χ3n) is 5.72. The fourth-order valence-electron chi connectivity index (χ4n) is 4.01. The minimum absolute atomic E-state index is 0.0265. The van der Waals surface area contributed by atoms with Gasteiger partial charge in [0.05, 0.1) is 17.0 Å². The number of fused-ring (bicyclic) bond motifs is 1. The number of urea groups is 1. The highest BCUT2D eigenvalue weighted by atomic mass is 32.2. The molecule has 1 aromatic heterocycles. The summed E-state index contributed by atoms with van der Waals surface area (Å²) in [4.78, 5) is 19.1. The Labute approximate surface area is 194 Å². The lowest BCUT2D eigenvalue weighted by Gasteiger charge is -2.34. The maximum Gasteiger partial charge on any atom is 0.319 e. The Morgan fingerprint density at radius 3 is 2.45 bits per heavy atom. The van der Waals surface area contributed by atoms with Crippen LogP contribution in [0.5, 0.6) is 0 Å². The molecule has 0 atom stereocenters. The number of amides is 2. The van der Waals surface area contributed by atoms with Crippen molar-refractivity contribution in [2.24, 2.45) is 0 Å². The molecule has 1 aliphatic heterocycles. The zero-order valence-corrected chi connectivity index (χ0v) is 19.5. The number of pyridine rings is 1. The van der Waals surface area contributed by atoms with Crippen LogP contribution in [0.25, 0.3) is 10.9 Å². The molecule has 1 aliphatic rings. The second-order valence-corrected chi connectivity index (χ2v) is 10.2. The lowest BCUT2D eigenvalue weighted by atomic mass is 10.1. The van der Waals surface area contributed by atoms with E-state index >= 15 is 0 Å². The molecule has 1 saturated heterocycles. The van der Waals surface area contributed by atoms with Crippen LogP contribution in [0.15, 0.2) is 60.7 Å². The van der Waals surface area contributed by atoms with Gasteiger partial charge in [0, 0.05) is 50.3 Å². The molecule has 33 heavy (non-hydrogen) atoms. The first-order valence-corrected chi connectivity index (χ1v) is 12.7. The van der Waals surface area contributed by atoms with Crippen LogP contribution in [-0.4, -0.2) is 67.9 Å². The average molecular weight is 468 g/mol. The van der Waals surface area contributed by atoms with Crippen LogP contribution in [0, 0.1) is 6.92 Å². The van der Waals surface area contributed by atoms with Gasteiger partial charge in [0.15, 0.2) is 0 Å². The van der Waals surface area contributed by atoms with Crippen molar-refractivity contribution in [3.63, 3.8) is 0 Å². The molecule has 1 fully saturated rings. The van der Waals surface area contributed by atoms with Crippen molar-refractivity contribution in [2.75, 3.05) is 44.6 Å². The normalized spacial score (nSPS) is 15.4. The zero-order chi connectivity index (χ0) is 23.3. The number of anilines is 1. The van der Waals surface area contributed by atoms with Gasteiger partial charge in [-0.15, -0.1) is 0 Å². The first-order valence-electron chi connectivity index (χ1n) is 11.1. The monoisotopic (exact) mass is 467 g/mol. The Morgan fingerprint density at radius 2 is 1.70 bits per heavy atom. The predicted octanol–water partition coefficient (Wildman–Crippen LogP) is 2.81. The van der Waals surface area contributed by atoms with Crippen LogP contribution in [0.4, 0.5) is 10.5 Å². The number of sulfonamides is 1. The van der Waals surface area contributed by atoms with Crippen LogP contribution >= 0.6 is 0 Å². The molecular formula is C24H29N5O3S. The van der Waals surface area contributed by atoms with Gasteiger partial charge in [-0.1, -0.05) is 48.5 Å². The SMILES string of the molecule is Cc1cc(NC(=O)NCCN2CCN(S(=O)(=O)Cc3ccccc3)CC2)c2ccccc2n1. The van der Waals surface area contributed by atoms with Gasteiger partial charge in [-0.05, 0) is 24.6 Å². The van der Waals surface area contributed by atoms with Crippen molar-refractivity contribution in [2.45, 2.75) is 12.7 Å². The van der Waals surface area contributed by atoms with E-state index < -0.39 is 10.0 Å². The Kier molecular flexibility index (Phi) is 7.22. The van der Waals surface area contributed by atoms with Crippen molar-refractivity contribution < 1.29 is 13.2 Å². The molecule has 0 radical (unpaired) electrons. The van der Waals surface area contributed by atoms with Crippen LogP contribution < -0.4 is 10.6 Å². The lowest BCUT2D eigenvalue weighted by Crippen LogP contribution is -2.50. The van der Waals surface area contributed by atoms with E-state index in [1.807, 2.05) is 67.6 Å². The van der Waals surface area contributed by atoms with Crippen LogP contribution in [0.2, 0.25) is 0 Å². The summed E-state index contributed by atoms with van der Waals surface area (Å²) >= 11 is 0. The summed E-state index contributed by atoms with van der Waals surface area (Å²) < 4.78 is 26.9. The molecule has 4 rings (SSSR count). The summed E-state index contributed by atoms with van der Waals surface area (Å²) in [6.45, 7) is 5.25. The van der Waals surface area contributed by atoms with Gasteiger partial charge in [-0.3, -0.25) is 9.88 Å². The molecular weight excluding hydrogens is 438 g/mol. The summed E-state index contributed by atoms with van der Waals surface area (Å²) in [6, 6.07) is 18.5. The second kappa shape index (κ2) is 10.3. The van der Waals surface area contributed by atoms with Gasteiger partial charge in [0.2, 0.25) is 10.0 Å². The van der Waals surface area contributed by atoms with Gasteiger partial charge in [-0.2, -0.15) is 4.31 Å². The van der Waals surface area contributed by atoms with Crippen LogP contribution in [0.3, 0.4) is 0 Å². The van der Waals surface area contributed by atoms with Crippen molar-refractivity contribution in [3.05, 3.63) is 71.9 Å². The highest BCUT2D eigenvalue weighted by Crippen LogP contribution is 2.22. The number of nitrogens with one attached hydrogen (secondary N) is 2. The molecule has 174 valence electrons. The highest BCUT2D eigenvalue weighted by molar-refractivity contribution is 7.88. The predicted molar refractivity (Wildman–Crippen MR) is 131 cm³/mol. The number of carbonyl (C=O) groups is 1. The van der Waals surface area contributed by atoms with E-state index in [9.17, 15) is 13.2 Å². The summed E-state index contributed by atoms with van der Waals surface area (Å²) in [7, 11) is -3.33. The molecule has 2 N–H and O–H groups in total. The highest BCUT2D eigenvalue weighted by Gasteiger charge is 2.26.